The van der Waals surface area contributed by atoms with Crippen LogP contribution in [0.1, 0.15) is 0 Å². The van der Waals surface area contributed by atoms with Crippen molar-refractivity contribution in [1.82, 2.24) is 4.72 Å². The van der Waals surface area contributed by atoms with E-state index in [2.05, 4.69) is 10.0 Å². The third-order valence-electron chi connectivity index (χ3n) is 1.53. The van der Waals surface area contributed by atoms with E-state index in [1.165, 1.54) is 0 Å². The Kier molecular flexibility index (Phi) is 4.49. The summed E-state index contributed by atoms with van der Waals surface area (Å²) in [5.41, 5.74) is 1.09. The van der Waals surface area contributed by atoms with Gasteiger partial charge >= 0.3 is 0 Å². The lowest BCUT2D eigenvalue weighted by Crippen LogP contribution is -2.23. The van der Waals surface area contributed by atoms with Gasteiger partial charge in [0.25, 0.3) is 0 Å². The Morgan fingerprint density at radius 1 is 1.23 bits per heavy atom. The molecule has 0 aromatic heterocycles. The molecule has 0 saturated carbocycles. The summed E-state index contributed by atoms with van der Waals surface area (Å²) >= 11 is 0. The van der Waals surface area contributed by atoms with Gasteiger partial charge < -0.3 is 5.32 Å². The number of rotatable bonds is 5. The summed E-state index contributed by atoms with van der Waals surface area (Å²) in [4.78, 5) is 0. The second-order valence-corrected chi connectivity index (χ2v) is 3.84. The molecule has 2 N–H and O–H groups in total. The molecule has 1 aromatic carbocycles. The molecule has 0 radical (unpaired) electrons. The summed E-state index contributed by atoms with van der Waals surface area (Å²) in [6.45, 7) is 1.49. The minimum atomic E-state index is -0.913. The predicted molar refractivity (Wildman–Crippen MR) is 57.0 cm³/mol. The Labute approximate surface area is 81.1 Å². The van der Waals surface area contributed by atoms with Gasteiger partial charge in [-0.25, -0.2) is 8.93 Å². The van der Waals surface area contributed by atoms with Crippen molar-refractivity contribution in [3.05, 3.63) is 30.3 Å². The van der Waals surface area contributed by atoms with Crippen molar-refractivity contribution in [1.29, 1.82) is 0 Å². The Morgan fingerprint density at radius 2 is 1.92 bits per heavy atom. The topological polar surface area (TPSA) is 41.1 Å². The lowest BCUT2D eigenvalue weighted by atomic mass is 10.3. The molecule has 0 aliphatic heterocycles. The van der Waals surface area contributed by atoms with Gasteiger partial charge in [-0.15, -0.1) is 0 Å². The summed E-state index contributed by atoms with van der Waals surface area (Å²) in [7, 11) is -0.913. The van der Waals surface area contributed by atoms with E-state index in [9.17, 15) is 4.21 Å². The minimum absolute atomic E-state index is 0.706. The van der Waals surface area contributed by atoms with Crippen molar-refractivity contribution in [2.24, 2.45) is 0 Å². The fourth-order valence-corrected chi connectivity index (χ4v) is 1.35. The SMILES string of the molecule is CS(=O)NCCNc1ccccc1. The molecule has 0 spiro atoms. The molecule has 72 valence electrons. The van der Waals surface area contributed by atoms with E-state index < -0.39 is 11.0 Å². The van der Waals surface area contributed by atoms with Crippen molar-refractivity contribution in [2.45, 2.75) is 0 Å². The van der Waals surface area contributed by atoms with Crippen molar-refractivity contribution >= 4 is 16.7 Å². The zero-order chi connectivity index (χ0) is 9.52. The number of nitrogens with one attached hydrogen (secondary N) is 2. The summed E-state index contributed by atoms with van der Waals surface area (Å²) in [5.74, 6) is 0. The van der Waals surface area contributed by atoms with Crippen LogP contribution in [0.3, 0.4) is 0 Å². The zero-order valence-electron chi connectivity index (χ0n) is 7.62. The van der Waals surface area contributed by atoms with E-state index in [0.29, 0.717) is 6.54 Å². The van der Waals surface area contributed by atoms with Gasteiger partial charge in [0.15, 0.2) is 0 Å². The van der Waals surface area contributed by atoms with Crippen LogP contribution in [0.5, 0.6) is 0 Å². The molecular weight excluding hydrogens is 184 g/mol. The average Bonchev–Trinajstić information content (AvgIpc) is 2.14. The van der Waals surface area contributed by atoms with Crippen LogP contribution in [0.25, 0.3) is 0 Å². The van der Waals surface area contributed by atoms with Crippen LogP contribution in [0, 0.1) is 0 Å². The van der Waals surface area contributed by atoms with Gasteiger partial charge in [-0.3, -0.25) is 0 Å². The normalized spacial score (nSPS) is 12.4. The molecule has 0 bridgehead atoms. The van der Waals surface area contributed by atoms with Crippen LogP contribution >= 0.6 is 0 Å². The monoisotopic (exact) mass is 198 g/mol. The molecule has 4 heteroatoms. The Balaban J connectivity index is 2.17. The van der Waals surface area contributed by atoms with Crippen molar-refractivity contribution in [3.63, 3.8) is 0 Å². The maximum absolute atomic E-state index is 10.6. The van der Waals surface area contributed by atoms with Gasteiger partial charge in [-0.05, 0) is 12.1 Å². The molecule has 0 saturated heterocycles. The van der Waals surface area contributed by atoms with Crippen LogP contribution in [-0.2, 0) is 11.0 Å². The summed E-state index contributed by atoms with van der Waals surface area (Å²) in [5, 5.41) is 3.20. The number of hydrogen-bond donors (Lipinski definition) is 2. The van der Waals surface area contributed by atoms with Crippen LogP contribution < -0.4 is 10.0 Å². The molecule has 1 unspecified atom stereocenters. The number of hydrogen-bond acceptors (Lipinski definition) is 2. The number of anilines is 1. The molecule has 0 fully saturated rings. The van der Waals surface area contributed by atoms with E-state index in [1.54, 1.807) is 6.26 Å². The summed E-state index contributed by atoms with van der Waals surface area (Å²) < 4.78 is 13.5. The maximum Gasteiger partial charge on any atom is 0.0884 e. The highest BCUT2D eigenvalue weighted by Gasteiger charge is 1.90. The highest BCUT2D eigenvalue weighted by Crippen LogP contribution is 2.03. The van der Waals surface area contributed by atoms with E-state index in [0.717, 1.165) is 12.2 Å². The Morgan fingerprint density at radius 3 is 2.54 bits per heavy atom. The molecule has 1 atom stereocenters. The van der Waals surface area contributed by atoms with Crippen molar-refractivity contribution < 1.29 is 4.21 Å². The molecule has 1 rings (SSSR count). The van der Waals surface area contributed by atoms with Crippen LogP contribution in [-0.4, -0.2) is 23.6 Å². The number of para-hydroxylation sites is 1. The smallest absolute Gasteiger partial charge is 0.0884 e. The highest BCUT2D eigenvalue weighted by atomic mass is 32.2. The molecular formula is C9H14N2OS. The average molecular weight is 198 g/mol. The van der Waals surface area contributed by atoms with E-state index in [1.807, 2.05) is 30.3 Å². The second-order valence-electron chi connectivity index (χ2n) is 2.64. The first-order chi connectivity index (χ1) is 6.29. The van der Waals surface area contributed by atoms with Crippen molar-refractivity contribution in [2.75, 3.05) is 24.7 Å². The lowest BCUT2D eigenvalue weighted by molar-refractivity contribution is 0.677. The molecule has 13 heavy (non-hydrogen) atoms. The molecule has 1 aromatic rings. The molecule has 0 amide bonds. The first-order valence-electron chi connectivity index (χ1n) is 4.15. The molecule has 0 heterocycles. The maximum atomic E-state index is 10.6. The quantitative estimate of drug-likeness (QED) is 0.693. The van der Waals surface area contributed by atoms with Crippen LogP contribution in [0.15, 0.2) is 30.3 Å². The van der Waals surface area contributed by atoms with Crippen molar-refractivity contribution in [3.8, 4) is 0 Å². The van der Waals surface area contributed by atoms with Crippen LogP contribution in [0.4, 0.5) is 5.69 Å². The van der Waals surface area contributed by atoms with Gasteiger partial charge in [-0.1, -0.05) is 18.2 Å². The van der Waals surface area contributed by atoms with E-state index in [4.69, 9.17) is 0 Å². The zero-order valence-corrected chi connectivity index (χ0v) is 8.43. The van der Waals surface area contributed by atoms with Gasteiger partial charge in [0, 0.05) is 25.0 Å². The fourth-order valence-electron chi connectivity index (χ4n) is 0.958. The fraction of sp³-hybridized carbons (Fsp3) is 0.333. The molecule has 0 aliphatic rings. The molecule has 0 aliphatic carbocycles. The Hall–Kier alpha value is -0.870. The first-order valence-corrected chi connectivity index (χ1v) is 5.70. The highest BCUT2D eigenvalue weighted by molar-refractivity contribution is 7.82. The van der Waals surface area contributed by atoms with Gasteiger partial charge in [-0.2, -0.15) is 0 Å². The standard InChI is InChI=1S/C9H14N2OS/c1-13(12)11-8-7-10-9-5-3-2-4-6-9/h2-6,10-11H,7-8H2,1H3. The van der Waals surface area contributed by atoms with Gasteiger partial charge in [0.2, 0.25) is 0 Å². The summed E-state index contributed by atoms with van der Waals surface area (Å²) in [6, 6.07) is 9.94. The summed E-state index contributed by atoms with van der Waals surface area (Å²) in [6.07, 6.45) is 1.63. The third-order valence-corrected chi connectivity index (χ3v) is 2.14. The van der Waals surface area contributed by atoms with E-state index >= 15 is 0 Å². The Bertz CT molecular complexity index is 264. The van der Waals surface area contributed by atoms with E-state index in [-0.39, 0.29) is 0 Å². The second kappa shape index (κ2) is 5.72. The minimum Gasteiger partial charge on any atom is -0.384 e. The van der Waals surface area contributed by atoms with Gasteiger partial charge in [0.1, 0.15) is 0 Å². The van der Waals surface area contributed by atoms with Gasteiger partial charge in [0.05, 0.1) is 11.0 Å². The lowest BCUT2D eigenvalue weighted by Gasteiger charge is -2.05. The van der Waals surface area contributed by atoms with Crippen LogP contribution in [0.2, 0.25) is 0 Å². The first kappa shape index (κ1) is 10.2. The number of benzene rings is 1. The molecule has 3 nitrogen and oxygen atoms in total. The predicted octanol–water partition coefficient (Wildman–Crippen LogP) is 0.982. The third kappa shape index (κ3) is 4.65. The largest absolute Gasteiger partial charge is 0.384 e.